The van der Waals surface area contributed by atoms with Crippen LogP contribution >= 0.6 is 27.3 Å². The summed E-state index contributed by atoms with van der Waals surface area (Å²) in [6.07, 6.45) is 0. The summed E-state index contributed by atoms with van der Waals surface area (Å²) in [7, 11) is 1.67. The van der Waals surface area contributed by atoms with Gasteiger partial charge >= 0.3 is 0 Å². The fraction of sp³-hybridized carbons (Fsp3) is 0.214. The highest BCUT2D eigenvalue weighted by Crippen LogP contribution is 2.26. The van der Waals surface area contributed by atoms with Gasteiger partial charge in [0.25, 0.3) is 0 Å². The number of nitrogens with one attached hydrogen (secondary N) is 1. The minimum atomic E-state index is -0.393. The van der Waals surface area contributed by atoms with Gasteiger partial charge in [-0.2, -0.15) is 0 Å². The van der Waals surface area contributed by atoms with E-state index < -0.39 is 5.91 Å². The molecule has 3 N–H and O–H groups in total. The number of carbonyl (C=O) groups excluding carboxylic acids is 1. The Morgan fingerprint density at radius 2 is 2.30 bits per heavy atom. The molecule has 1 amide bonds. The Labute approximate surface area is 130 Å². The number of carbonyl (C=O) groups is 1. The highest BCUT2D eigenvalue weighted by Gasteiger charge is 2.08. The van der Waals surface area contributed by atoms with Crippen molar-refractivity contribution in [3.05, 3.63) is 50.1 Å². The summed E-state index contributed by atoms with van der Waals surface area (Å²) in [6, 6.07) is 7.76. The van der Waals surface area contributed by atoms with Crippen molar-refractivity contribution in [3.63, 3.8) is 0 Å². The number of primary amides is 1. The van der Waals surface area contributed by atoms with E-state index in [0.717, 1.165) is 20.6 Å². The third kappa shape index (κ3) is 3.59. The zero-order valence-corrected chi connectivity index (χ0v) is 13.4. The first-order valence-electron chi connectivity index (χ1n) is 5.99. The first-order chi connectivity index (χ1) is 9.61. The molecule has 0 bridgehead atoms. The number of hydrogen-bond donors (Lipinski definition) is 2. The number of thiophene rings is 1. The summed E-state index contributed by atoms with van der Waals surface area (Å²) < 4.78 is 6.22. The zero-order chi connectivity index (χ0) is 14.5. The van der Waals surface area contributed by atoms with E-state index in [2.05, 4.69) is 21.2 Å². The van der Waals surface area contributed by atoms with Crippen molar-refractivity contribution in [2.24, 2.45) is 5.73 Å². The molecule has 106 valence electrons. The van der Waals surface area contributed by atoms with Gasteiger partial charge in [0.1, 0.15) is 0 Å². The molecule has 0 unspecified atom stereocenters. The Morgan fingerprint density at radius 3 is 2.95 bits per heavy atom. The summed E-state index contributed by atoms with van der Waals surface area (Å²) >= 11 is 5.03. The average Bonchev–Trinajstić information content (AvgIpc) is 2.89. The second-order valence-corrected chi connectivity index (χ2v) is 6.07. The monoisotopic (exact) mass is 354 g/mol. The highest BCUT2D eigenvalue weighted by molar-refractivity contribution is 9.10. The van der Waals surface area contributed by atoms with Crippen molar-refractivity contribution in [1.82, 2.24) is 0 Å². The minimum Gasteiger partial charge on any atom is -0.380 e. The van der Waals surface area contributed by atoms with Crippen LogP contribution in [-0.4, -0.2) is 13.0 Å². The third-order valence-electron chi connectivity index (χ3n) is 2.80. The number of benzene rings is 1. The normalized spacial score (nSPS) is 10.5. The number of halogens is 1. The van der Waals surface area contributed by atoms with Gasteiger partial charge in [-0.1, -0.05) is 22.0 Å². The van der Waals surface area contributed by atoms with E-state index in [4.69, 9.17) is 10.5 Å². The van der Waals surface area contributed by atoms with Crippen molar-refractivity contribution in [1.29, 1.82) is 0 Å². The van der Waals surface area contributed by atoms with Gasteiger partial charge in [0.2, 0.25) is 5.91 Å². The highest BCUT2D eigenvalue weighted by atomic mass is 79.9. The molecule has 0 spiro atoms. The molecule has 2 aromatic rings. The molecule has 0 aliphatic heterocycles. The lowest BCUT2D eigenvalue weighted by molar-refractivity contribution is 0.100. The van der Waals surface area contributed by atoms with Crippen LogP contribution in [0.5, 0.6) is 0 Å². The molecule has 6 heteroatoms. The van der Waals surface area contributed by atoms with Gasteiger partial charge in [-0.25, -0.2) is 0 Å². The van der Waals surface area contributed by atoms with Crippen LogP contribution in [0, 0.1) is 0 Å². The van der Waals surface area contributed by atoms with Gasteiger partial charge in [-0.05, 0) is 18.2 Å². The molecule has 0 fully saturated rings. The van der Waals surface area contributed by atoms with Crippen LogP contribution in [0.1, 0.15) is 20.8 Å². The van der Waals surface area contributed by atoms with E-state index >= 15 is 0 Å². The molecule has 2 rings (SSSR count). The topological polar surface area (TPSA) is 64.3 Å². The van der Waals surface area contributed by atoms with Crippen molar-refractivity contribution in [3.8, 4) is 0 Å². The SMILES string of the molecule is COCc1c(Br)cccc1NCc1cc(C(N)=O)cs1. The van der Waals surface area contributed by atoms with Crippen molar-refractivity contribution in [2.45, 2.75) is 13.2 Å². The van der Waals surface area contributed by atoms with Gasteiger partial charge in [-0.3, -0.25) is 4.79 Å². The Morgan fingerprint density at radius 1 is 1.50 bits per heavy atom. The standard InChI is InChI=1S/C14H15BrN2O2S/c1-19-7-11-12(15)3-2-4-13(11)17-6-10-5-9(8-20-10)14(16)18/h2-5,8,17H,6-7H2,1H3,(H2,16,18). The molecule has 1 heterocycles. The number of ether oxygens (including phenoxy) is 1. The maximum atomic E-state index is 11.1. The Bertz CT molecular complexity index is 613. The van der Waals surface area contributed by atoms with Crippen LogP contribution in [0.25, 0.3) is 0 Å². The van der Waals surface area contributed by atoms with E-state index in [1.807, 2.05) is 24.3 Å². The van der Waals surface area contributed by atoms with Crippen molar-refractivity contribution in [2.75, 3.05) is 12.4 Å². The van der Waals surface area contributed by atoms with E-state index in [-0.39, 0.29) is 0 Å². The largest absolute Gasteiger partial charge is 0.380 e. The number of anilines is 1. The third-order valence-corrected chi connectivity index (χ3v) is 4.48. The molecule has 0 saturated heterocycles. The van der Waals surface area contributed by atoms with Crippen molar-refractivity contribution < 1.29 is 9.53 Å². The summed E-state index contributed by atoms with van der Waals surface area (Å²) in [5.74, 6) is -0.393. The lowest BCUT2D eigenvalue weighted by Crippen LogP contribution is -2.09. The lowest BCUT2D eigenvalue weighted by atomic mass is 10.2. The predicted molar refractivity (Wildman–Crippen MR) is 85.0 cm³/mol. The van der Waals surface area contributed by atoms with Crippen LogP contribution in [0.3, 0.4) is 0 Å². The lowest BCUT2D eigenvalue weighted by Gasteiger charge is -2.12. The Kier molecular flexibility index (Phi) is 5.17. The van der Waals surface area contributed by atoms with Gasteiger partial charge in [0.15, 0.2) is 0 Å². The quantitative estimate of drug-likeness (QED) is 0.835. The maximum absolute atomic E-state index is 11.1. The summed E-state index contributed by atoms with van der Waals surface area (Å²) in [6.45, 7) is 1.17. The van der Waals surface area contributed by atoms with Gasteiger partial charge in [0, 0.05) is 39.6 Å². The molecular formula is C14H15BrN2O2S. The van der Waals surface area contributed by atoms with Crippen LogP contribution in [-0.2, 0) is 17.9 Å². The fourth-order valence-corrected chi connectivity index (χ4v) is 3.09. The summed E-state index contributed by atoms with van der Waals surface area (Å²) in [5.41, 5.74) is 7.88. The molecule has 0 aliphatic carbocycles. The zero-order valence-electron chi connectivity index (χ0n) is 11.0. The Balaban J connectivity index is 2.10. The molecule has 0 radical (unpaired) electrons. The van der Waals surface area contributed by atoms with E-state index in [1.165, 1.54) is 11.3 Å². The average molecular weight is 355 g/mol. The van der Waals surface area contributed by atoms with Crippen LogP contribution in [0.2, 0.25) is 0 Å². The van der Waals surface area contributed by atoms with E-state index in [0.29, 0.717) is 18.7 Å². The number of methoxy groups -OCH3 is 1. The van der Waals surface area contributed by atoms with Crippen LogP contribution in [0.15, 0.2) is 34.1 Å². The fourth-order valence-electron chi connectivity index (χ4n) is 1.80. The minimum absolute atomic E-state index is 0.393. The van der Waals surface area contributed by atoms with Gasteiger partial charge in [0.05, 0.1) is 12.2 Å². The molecule has 0 saturated carbocycles. The predicted octanol–water partition coefficient (Wildman–Crippen LogP) is 3.37. The maximum Gasteiger partial charge on any atom is 0.249 e. The number of hydrogen-bond acceptors (Lipinski definition) is 4. The Hall–Kier alpha value is -1.37. The number of amides is 1. The van der Waals surface area contributed by atoms with Gasteiger partial charge in [-0.15, -0.1) is 11.3 Å². The molecule has 4 nitrogen and oxygen atoms in total. The van der Waals surface area contributed by atoms with E-state index in [1.54, 1.807) is 12.5 Å². The van der Waals surface area contributed by atoms with Crippen molar-refractivity contribution >= 4 is 38.9 Å². The van der Waals surface area contributed by atoms with Crippen LogP contribution in [0.4, 0.5) is 5.69 Å². The number of nitrogens with two attached hydrogens (primary N) is 1. The smallest absolute Gasteiger partial charge is 0.249 e. The first kappa shape index (κ1) is 15.0. The second kappa shape index (κ2) is 6.88. The second-order valence-electron chi connectivity index (χ2n) is 4.22. The molecule has 0 aliphatic rings. The molecule has 1 aromatic heterocycles. The van der Waals surface area contributed by atoms with Crippen LogP contribution < -0.4 is 11.1 Å². The summed E-state index contributed by atoms with van der Waals surface area (Å²) in [5, 5.41) is 5.13. The molecular weight excluding hydrogens is 340 g/mol. The molecule has 1 aromatic carbocycles. The first-order valence-corrected chi connectivity index (χ1v) is 7.66. The number of rotatable bonds is 6. The molecule has 20 heavy (non-hydrogen) atoms. The van der Waals surface area contributed by atoms with E-state index in [9.17, 15) is 4.79 Å². The van der Waals surface area contributed by atoms with Gasteiger partial charge < -0.3 is 15.8 Å². The molecule has 0 atom stereocenters. The summed E-state index contributed by atoms with van der Waals surface area (Å²) in [4.78, 5) is 12.1.